The number of nitrogens with zero attached hydrogens (tertiary/aromatic N) is 1. The Morgan fingerprint density at radius 1 is 1.36 bits per heavy atom. The van der Waals surface area contributed by atoms with Gasteiger partial charge in [-0.3, -0.25) is 9.59 Å². The minimum Gasteiger partial charge on any atom is -0.467 e. The highest BCUT2D eigenvalue weighted by molar-refractivity contribution is 14.1. The van der Waals surface area contributed by atoms with Crippen LogP contribution in [-0.2, 0) is 16.1 Å². The lowest BCUT2D eigenvalue weighted by molar-refractivity contribution is -0.128. The van der Waals surface area contributed by atoms with E-state index in [1.807, 2.05) is 30.3 Å². The molecule has 0 aliphatic carbocycles. The highest BCUT2D eigenvalue weighted by Crippen LogP contribution is 2.22. The Hall–Kier alpha value is -1.83. The summed E-state index contributed by atoms with van der Waals surface area (Å²) in [7, 11) is 0. The molecule has 114 valence electrons. The van der Waals surface area contributed by atoms with Crippen LogP contribution in [0.2, 0.25) is 0 Å². The fraction of sp³-hybridized carbons (Fsp3) is 0.250. The molecule has 6 heteroatoms. The fourth-order valence-electron chi connectivity index (χ4n) is 2.50. The Labute approximate surface area is 141 Å². The van der Waals surface area contributed by atoms with E-state index >= 15 is 0 Å². The Morgan fingerprint density at radius 2 is 2.23 bits per heavy atom. The van der Waals surface area contributed by atoms with Crippen molar-refractivity contribution in [3.63, 3.8) is 0 Å². The minimum absolute atomic E-state index is 0.0146. The zero-order chi connectivity index (χ0) is 15.5. The smallest absolute Gasteiger partial charge is 0.229 e. The van der Waals surface area contributed by atoms with Gasteiger partial charge in [0, 0.05) is 22.2 Å². The van der Waals surface area contributed by atoms with Gasteiger partial charge in [0.15, 0.2) is 0 Å². The summed E-state index contributed by atoms with van der Waals surface area (Å²) < 4.78 is 6.31. The Bertz CT molecular complexity index is 684. The third-order valence-corrected chi connectivity index (χ3v) is 4.28. The summed E-state index contributed by atoms with van der Waals surface area (Å²) in [4.78, 5) is 26.0. The van der Waals surface area contributed by atoms with Gasteiger partial charge in [-0.1, -0.05) is 6.07 Å². The van der Waals surface area contributed by atoms with Crippen molar-refractivity contribution in [2.24, 2.45) is 5.92 Å². The molecule has 0 spiro atoms. The summed E-state index contributed by atoms with van der Waals surface area (Å²) in [5.74, 6) is 0.281. The van der Waals surface area contributed by atoms with Crippen molar-refractivity contribution in [2.75, 3.05) is 11.9 Å². The molecular weight excluding hydrogens is 395 g/mol. The van der Waals surface area contributed by atoms with Crippen molar-refractivity contribution in [3.8, 4) is 0 Å². The summed E-state index contributed by atoms with van der Waals surface area (Å²) in [6.45, 7) is 0.841. The van der Waals surface area contributed by atoms with Gasteiger partial charge in [0.25, 0.3) is 0 Å². The molecule has 1 saturated heterocycles. The van der Waals surface area contributed by atoms with E-state index in [9.17, 15) is 9.59 Å². The maximum Gasteiger partial charge on any atom is 0.229 e. The number of halogens is 1. The summed E-state index contributed by atoms with van der Waals surface area (Å²) in [6, 6.07) is 11.2. The van der Waals surface area contributed by atoms with Crippen LogP contribution < -0.4 is 5.32 Å². The summed E-state index contributed by atoms with van der Waals surface area (Å²) >= 11 is 2.19. The molecule has 2 amide bonds. The molecule has 2 aromatic rings. The molecule has 1 aliphatic rings. The molecule has 22 heavy (non-hydrogen) atoms. The Balaban J connectivity index is 1.61. The van der Waals surface area contributed by atoms with Gasteiger partial charge in [-0.15, -0.1) is 0 Å². The van der Waals surface area contributed by atoms with E-state index in [4.69, 9.17) is 4.42 Å². The number of benzene rings is 1. The van der Waals surface area contributed by atoms with Crippen LogP contribution in [0, 0.1) is 9.49 Å². The van der Waals surface area contributed by atoms with Crippen LogP contribution in [0.25, 0.3) is 0 Å². The monoisotopic (exact) mass is 410 g/mol. The number of hydrogen-bond donors (Lipinski definition) is 1. The molecule has 1 aliphatic heterocycles. The Kier molecular flexibility index (Phi) is 4.47. The minimum atomic E-state index is -0.319. The van der Waals surface area contributed by atoms with E-state index in [-0.39, 0.29) is 24.2 Å². The number of rotatable bonds is 4. The predicted octanol–water partition coefficient (Wildman–Crippen LogP) is 2.87. The van der Waals surface area contributed by atoms with Gasteiger partial charge in [0.1, 0.15) is 5.76 Å². The van der Waals surface area contributed by atoms with Gasteiger partial charge in [-0.05, 0) is 52.9 Å². The van der Waals surface area contributed by atoms with Gasteiger partial charge in [0.2, 0.25) is 11.8 Å². The summed E-state index contributed by atoms with van der Waals surface area (Å²) in [6.07, 6.45) is 1.83. The zero-order valence-electron chi connectivity index (χ0n) is 11.8. The normalized spacial score (nSPS) is 17.8. The van der Waals surface area contributed by atoms with Crippen LogP contribution in [0.4, 0.5) is 5.69 Å². The van der Waals surface area contributed by atoms with Gasteiger partial charge in [-0.25, -0.2) is 0 Å². The second-order valence-corrected chi connectivity index (χ2v) is 6.50. The lowest BCUT2D eigenvalue weighted by atomic mass is 10.1. The van der Waals surface area contributed by atoms with Crippen molar-refractivity contribution in [2.45, 2.75) is 13.0 Å². The van der Waals surface area contributed by atoms with Gasteiger partial charge >= 0.3 is 0 Å². The van der Waals surface area contributed by atoms with Crippen LogP contribution in [0.1, 0.15) is 12.2 Å². The molecule has 0 radical (unpaired) electrons. The van der Waals surface area contributed by atoms with Gasteiger partial charge < -0.3 is 14.6 Å². The first-order valence-electron chi connectivity index (χ1n) is 6.98. The highest BCUT2D eigenvalue weighted by Gasteiger charge is 2.34. The molecule has 1 aromatic heterocycles. The molecule has 0 bridgehead atoms. The number of hydrogen-bond acceptors (Lipinski definition) is 3. The first-order chi connectivity index (χ1) is 10.6. The summed E-state index contributed by atoms with van der Waals surface area (Å²) in [5, 5.41) is 2.88. The van der Waals surface area contributed by atoms with Crippen LogP contribution in [-0.4, -0.2) is 23.3 Å². The summed E-state index contributed by atoms with van der Waals surface area (Å²) in [5.41, 5.74) is 0.758. The fourth-order valence-corrected chi connectivity index (χ4v) is 3.04. The third kappa shape index (κ3) is 3.49. The molecule has 1 unspecified atom stereocenters. The number of furan rings is 1. The predicted molar refractivity (Wildman–Crippen MR) is 90.0 cm³/mol. The Morgan fingerprint density at radius 3 is 2.95 bits per heavy atom. The van der Waals surface area contributed by atoms with E-state index in [1.165, 1.54) is 0 Å². The number of amides is 2. The van der Waals surface area contributed by atoms with Crippen LogP contribution >= 0.6 is 22.6 Å². The van der Waals surface area contributed by atoms with Crippen molar-refractivity contribution >= 4 is 40.1 Å². The average Bonchev–Trinajstić information content (AvgIpc) is 3.10. The maximum atomic E-state index is 12.3. The van der Waals surface area contributed by atoms with Crippen LogP contribution in [0.3, 0.4) is 0 Å². The number of likely N-dealkylation sites (tertiary alicyclic amines) is 1. The quantitative estimate of drug-likeness (QED) is 0.789. The second kappa shape index (κ2) is 6.51. The molecule has 3 rings (SSSR count). The number of carbonyl (C=O) groups is 2. The van der Waals surface area contributed by atoms with E-state index < -0.39 is 0 Å². The number of nitrogens with one attached hydrogen (secondary N) is 1. The lowest BCUT2D eigenvalue weighted by Gasteiger charge is -2.15. The lowest BCUT2D eigenvalue weighted by Crippen LogP contribution is -2.27. The molecule has 1 fully saturated rings. The van der Waals surface area contributed by atoms with Crippen molar-refractivity contribution in [1.29, 1.82) is 0 Å². The SMILES string of the molecule is O=C(Nc1cccc(I)c1)C1CC(=O)N(Cc2ccco2)C1. The van der Waals surface area contributed by atoms with Gasteiger partial charge in [-0.2, -0.15) is 0 Å². The first-order valence-corrected chi connectivity index (χ1v) is 8.06. The number of carbonyl (C=O) groups excluding carboxylic acids is 2. The van der Waals surface area contributed by atoms with E-state index in [1.54, 1.807) is 17.2 Å². The molecular formula is C16H15IN2O3. The maximum absolute atomic E-state index is 12.3. The van der Waals surface area contributed by atoms with Crippen molar-refractivity contribution in [1.82, 2.24) is 4.90 Å². The van der Waals surface area contributed by atoms with Crippen molar-refractivity contribution in [3.05, 3.63) is 52.0 Å². The largest absolute Gasteiger partial charge is 0.467 e. The molecule has 0 saturated carbocycles. The molecule has 1 aromatic carbocycles. The second-order valence-electron chi connectivity index (χ2n) is 5.25. The van der Waals surface area contributed by atoms with Gasteiger partial charge in [0.05, 0.1) is 18.7 Å². The molecule has 5 nitrogen and oxygen atoms in total. The number of anilines is 1. The van der Waals surface area contributed by atoms with Crippen molar-refractivity contribution < 1.29 is 14.0 Å². The highest BCUT2D eigenvalue weighted by atomic mass is 127. The standard InChI is InChI=1S/C16H15IN2O3/c17-12-3-1-4-13(8-12)18-16(21)11-7-15(20)19(9-11)10-14-5-2-6-22-14/h1-6,8,11H,7,9-10H2,(H,18,21). The zero-order valence-corrected chi connectivity index (χ0v) is 13.9. The molecule has 2 heterocycles. The van der Waals surface area contributed by atoms with Crippen LogP contribution in [0.5, 0.6) is 0 Å². The van der Waals surface area contributed by atoms with E-state index in [2.05, 4.69) is 27.9 Å². The molecule has 1 N–H and O–H groups in total. The topological polar surface area (TPSA) is 62.6 Å². The van der Waals surface area contributed by atoms with E-state index in [0.717, 1.165) is 15.0 Å². The third-order valence-electron chi connectivity index (χ3n) is 3.60. The van der Waals surface area contributed by atoms with E-state index in [0.29, 0.717) is 13.1 Å². The average molecular weight is 410 g/mol. The first kappa shape index (κ1) is 15.1. The van der Waals surface area contributed by atoms with Crippen LogP contribution in [0.15, 0.2) is 47.1 Å². The molecule has 1 atom stereocenters.